The van der Waals surface area contributed by atoms with Crippen LogP contribution in [-0.2, 0) is 9.53 Å². The summed E-state index contributed by atoms with van der Waals surface area (Å²) in [4.78, 5) is 22.7. The number of hydrogen-bond acceptors (Lipinski definition) is 3. The molecule has 0 amide bonds. The van der Waals surface area contributed by atoms with Crippen LogP contribution in [0.1, 0.15) is 37.0 Å². The lowest BCUT2D eigenvalue weighted by molar-refractivity contribution is -0.138. The number of carbonyl (C=O) groups excluding carboxylic acids is 2. The van der Waals surface area contributed by atoms with E-state index in [2.05, 4.69) is 0 Å². The van der Waals surface area contributed by atoms with E-state index in [-0.39, 0.29) is 6.42 Å². The van der Waals surface area contributed by atoms with Crippen molar-refractivity contribution in [3.8, 4) is 0 Å². The predicted molar refractivity (Wildman–Crippen MR) is 60.9 cm³/mol. The summed E-state index contributed by atoms with van der Waals surface area (Å²) in [6.07, 6.45) is 1.02. The lowest BCUT2D eigenvalue weighted by Crippen LogP contribution is -2.12. The molecule has 3 heteroatoms. The highest BCUT2D eigenvalue weighted by molar-refractivity contribution is 5.96. The topological polar surface area (TPSA) is 43.4 Å². The van der Waals surface area contributed by atoms with E-state index in [1.165, 1.54) is 0 Å². The van der Waals surface area contributed by atoms with Gasteiger partial charge in [-0.1, -0.05) is 32.0 Å². The van der Waals surface area contributed by atoms with Gasteiger partial charge < -0.3 is 4.74 Å². The molecule has 1 aromatic rings. The zero-order valence-corrected chi connectivity index (χ0v) is 9.60. The van der Waals surface area contributed by atoms with Crippen LogP contribution in [0.15, 0.2) is 30.3 Å². The lowest BCUT2D eigenvalue weighted by Gasteiger charge is -2.04. The van der Waals surface area contributed by atoms with Gasteiger partial charge in [0.15, 0.2) is 0 Å². The summed E-state index contributed by atoms with van der Waals surface area (Å²) in [5, 5.41) is 0. The fraction of sp³-hybridized carbons (Fsp3) is 0.385. The van der Waals surface area contributed by atoms with Gasteiger partial charge in [-0.25, -0.2) is 4.79 Å². The molecule has 0 aliphatic carbocycles. The Morgan fingerprint density at radius 1 is 1.19 bits per heavy atom. The molecule has 0 atom stereocenters. The largest absolute Gasteiger partial charge is 0.389 e. The van der Waals surface area contributed by atoms with Gasteiger partial charge in [0.2, 0.25) is 0 Å². The van der Waals surface area contributed by atoms with Crippen molar-refractivity contribution in [3.63, 3.8) is 0 Å². The van der Waals surface area contributed by atoms with Gasteiger partial charge in [-0.3, -0.25) is 4.79 Å². The molecule has 0 unspecified atom stereocenters. The maximum absolute atomic E-state index is 11.5. The minimum atomic E-state index is -0.575. The van der Waals surface area contributed by atoms with Crippen LogP contribution in [0.2, 0.25) is 0 Å². The third-order valence-corrected chi connectivity index (χ3v) is 2.14. The normalized spacial score (nSPS) is 10.2. The standard InChI is InChI=1S/C13H16O3/c1-10(2)8-9-12(14)16-13(15)11-6-4-3-5-7-11/h3-7,10H,8-9H2,1-2H3. The number of carbonyl (C=O) groups is 2. The van der Waals surface area contributed by atoms with Crippen LogP contribution >= 0.6 is 0 Å². The Morgan fingerprint density at radius 2 is 1.81 bits per heavy atom. The van der Waals surface area contributed by atoms with Crippen molar-refractivity contribution in [2.75, 3.05) is 0 Å². The molecule has 3 nitrogen and oxygen atoms in total. The SMILES string of the molecule is CC(C)CCC(=O)OC(=O)c1ccccc1. The lowest BCUT2D eigenvalue weighted by atomic mass is 10.1. The van der Waals surface area contributed by atoms with Crippen molar-refractivity contribution in [1.82, 2.24) is 0 Å². The van der Waals surface area contributed by atoms with Gasteiger partial charge in [-0.15, -0.1) is 0 Å². The van der Waals surface area contributed by atoms with Gasteiger partial charge in [-0.2, -0.15) is 0 Å². The Labute approximate surface area is 95.4 Å². The number of rotatable bonds is 4. The Bertz CT molecular complexity index is 355. The second-order valence-corrected chi connectivity index (χ2v) is 4.06. The smallest absolute Gasteiger partial charge is 0.345 e. The molecule has 0 bridgehead atoms. The van der Waals surface area contributed by atoms with Gasteiger partial charge >= 0.3 is 11.9 Å². The molecule has 0 N–H and O–H groups in total. The fourth-order valence-electron chi connectivity index (χ4n) is 1.19. The van der Waals surface area contributed by atoms with Gasteiger partial charge in [0.05, 0.1) is 5.56 Å². The monoisotopic (exact) mass is 220 g/mol. The first-order valence-electron chi connectivity index (χ1n) is 5.39. The zero-order valence-electron chi connectivity index (χ0n) is 9.60. The molecule has 0 fully saturated rings. The van der Waals surface area contributed by atoms with Crippen LogP contribution in [0.5, 0.6) is 0 Å². The first kappa shape index (κ1) is 12.4. The molecule has 0 spiro atoms. The van der Waals surface area contributed by atoms with Crippen LogP contribution < -0.4 is 0 Å². The van der Waals surface area contributed by atoms with Gasteiger partial charge in [0.25, 0.3) is 0 Å². The summed E-state index contributed by atoms with van der Waals surface area (Å²) < 4.78 is 4.71. The molecular formula is C13H16O3. The van der Waals surface area contributed by atoms with Crippen molar-refractivity contribution < 1.29 is 14.3 Å². The molecule has 1 aromatic carbocycles. The third kappa shape index (κ3) is 4.26. The molecule has 0 saturated carbocycles. The molecule has 0 radical (unpaired) electrons. The Hall–Kier alpha value is -1.64. The Kier molecular flexibility index (Phi) is 4.70. The summed E-state index contributed by atoms with van der Waals surface area (Å²) in [5.41, 5.74) is 0.403. The molecule has 0 aromatic heterocycles. The molecular weight excluding hydrogens is 204 g/mol. The highest BCUT2D eigenvalue weighted by atomic mass is 16.6. The number of benzene rings is 1. The second-order valence-electron chi connectivity index (χ2n) is 4.06. The highest BCUT2D eigenvalue weighted by Gasteiger charge is 2.12. The van der Waals surface area contributed by atoms with Crippen molar-refractivity contribution in [1.29, 1.82) is 0 Å². The van der Waals surface area contributed by atoms with Crippen molar-refractivity contribution in [2.24, 2.45) is 5.92 Å². The van der Waals surface area contributed by atoms with Gasteiger partial charge in [-0.05, 0) is 24.5 Å². The highest BCUT2D eigenvalue weighted by Crippen LogP contribution is 2.07. The van der Waals surface area contributed by atoms with Gasteiger partial charge in [0, 0.05) is 6.42 Å². The van der Waals surface area contributed by atoms with Crippen molar-refractivity contribution in [2.45, 2.75) is 26.7 Å². The number of esters is 2. The summed E-state index contributed by atoms with van der Waals surface area (Å²) in [6.45, 7) is 4.04. The fourth-order valence-corrected chi connectivity index (χ4v) is 1.19. The summed E-state index contributed by atoms with van der Waals surface area (Å²) in [7, 11) is 0. The molecule has 1 rings (SSSR count). The molecule has 0 aliphatic heterocycles. The number of hydrogen-bond donors (Lipinski definition) is 0. The van der Waals surface area contributed by atoms with Crippen LogP contribution in [-0.4, -0.2) is 11.9 Å². The van der Waals surface area contributed by atoms with Crippen LogP contribution in [0.4, 0.5) is 0 Å². The molecule has 0 aliphatic rings. The first-order valence-corrected chi connectivity index (χ1v) is 5.39. The maximum atomic E-state index is 11.5. The molecule has 16 heavy (non-hydrogen) atoms. The minimum Gasteiger partial charge on any atom is -0.389 e. The van der Waals surface area contributed by atoms with E-state index in [0.29, 0.717) is 11.5 Å². The Morgan fingerprint density at radius 3 is 2.38 bits per heavy atom. The second kappa shape index (κ2) is 6.05. The minimum absolute atomic E-state index is 0.288. The maximum Gasteiger partial charge on any atom is 0.345 e. The molecule has 86 valence electrons. The Balaban J connectivity index is 2.43. The zero-order chi connectivity index (χ0) is 12.0. The van der Waals surface area contributed by atoms with Crippen LogP contribution in [0.3, 0.4) is 0 Å². The van der Waals surface area contributed by atoms with E-state index in [1.54, 1.807) is 30.3 Å². The van der Waals surface area contributed by atoms with Crippen LogP contribution in [0.25, 0.3) is 0 Å². The van der Waals surface area contributed by atoms with Gasteiger partial charge in [0.1, 0.15) is 0 Å². The van der Waals surface area contributed by atoms with E-state index in [0.717, 1.165) is 6.42 Å². The van der Waals surface area contributed by atoms with Crippen molar-refractivity contribution >= 4 is 11.9 Å². The molecule has 0 heterocycles. The van der Waals surface area contributed by atoms with Crippen molar-refractivity contribution in [3.05, 3.63) is 35.9 Å². The van der Waals surface area contributed by atoms with E-state index in [9.17, 15) is 9.59 Å². The predicted octanol–water partition coefficient (Wildman–Crippen LogP) is 2.81. The third-order valence-electron chi connectivity index (χ3n) is 2.14. The van der Waals surface area contributed by atoms with E-state index in [4.69, 9.17) is 4.74 Å². The average Bonchev–Trinajstić information content (AvgIpc) is 2.27. The summed E-state index contributed by atoms with van der Waals surface area (Å²) in [5.74, 6) is -0.601. The molecule has 0 saturated heterocycles. The average molecular weight is 220 g/mol. The first-order chi connectivity index (χ1) is 7.59. The summed E-state index contributed by atoms with van der Waals surface area (Å²) in [6, 6.07) is 8.51. The number of ether oxygens (including phenoxy) is 1. The summed E-state index contributed by atoms with van der Waals surface area (Å²) >= 11 is 0. The van der Waals surface area contributed by atoms with E-state index >= 15 is 0 Å². The quantitative estimate of drug-likeness (QED) is 0.579. The van der Waals surface area contributed by atoms with Crippen LogP contribution in [0, 0.1) is 5.92 Å². The van der Waals surface area contributed by atoms with E-state index in [1.807, 2.05) is 13.8 Å². The van der Waals surface area contributed by atoms with E-state index < -0.39 is 11.9 Å².